The smallest absolute Gasteiger partial charge is 0.253 e. The number of nitrogens with zero attached hydrogens (tertiary/aromatic N) is 1. The second kappa shape index (κ2) is 8.92. The van der Waals surface area contributed by atoms with Gasteiger partial charge in [0.1, 0.15) is 0 Å². The van der Waals surface area contributed by atoms with Gasteiger partial charge in [0.05, 0.1) is 10.5 Å². The maximum atomic E-state index is 12.5. The molecular weight excluding hydrogens is 433 g/mol. The summed E-state index contributed by atoms with van der Waals surface area (Å²) >= 11 is 12.2. The van der Waals surface area contributed by atoms with Crippen molar-refractivity contribution >= 4 is 39.1 Å². The quantitative estimate of drug-likeness (QED) is 0.597. The Bertz CT molecular complexity index is 1170. The van der Waals surface area contributed by atoms with Crippen LogP contribution in [-0.4, -0.2) is 26.4 Å². The molecule has 1 amide bonds. The largest absolute Gasteiger partial charge is 0.348 e. The van der Waals surface area contributed by atoms with E-state index in [1.54, 1.807) is 30.5 Å². The van der Waals surface area contributed by atoms with Gasteiger partial charge in [-0.3, -0.25) is 9.78 Å². The molecule has 0 saturated heterocycles. The summed E-state index contributed by atoms with van der Waals surface area (Å²) in [5.74, 6) is -0.329. The molecule has 3 aromatic rings. The standard InChI is InChI=1S/C20H17Cl2N3O3S/c1-23-29(27,28)18-6-5-14(19(22)9-18)12-25-20(26)16-7-15(10-24-11-16)13-3-2-4-17(21)8-13/h2-11,23H,12H2,1H3,(H,25,26). The average molecular weight is 450 g/mol. The van der Waals surface area contributed by atoms with E-state index < -0.39 is 10.0 Å². The number of nitrogens with one attached hydrogen (secondary N) is 2. The molecule has 0 spiro atoms. The van der Waals surface area contributed by atoms with Crippen LogP contribution in [0.2, 0.25) is 10.0 Å². The fourth-order valence-corrected chi connectivity index (χ4v) is 3.88. The van der Waals surface area contributed by atoms with Crippen molar-refractivity contribution in [1.29, 1.82) is 0 Å². The van der Waals surface area contributed by atoms with Crippen molar-refractivity contribution in [3.05, 3.63) is 82.1 Å². The lowest BCUT2D eigenvalue weighted by molar-refractivity contribution is 0.0950. The van der Waals surface area contributed by atoms with E-state index in [0.717, 1.165) is 11.1 Å². The van der Waals surface area contributed by atoms with Gasteiger partial charge in [0.15, 0.2) is 0 Å². The van der Waals surface area contributed by atoms with Crippen LogP contribution in [0.1, 0.15) is 15.9 Å². The minimum absolute atomic E-state index is 0.0542. The van der Waals surface area contributed by atoms with Gasteiger partial charge in [0.25, 0.3) is 5.91 Å². The van der Waals surface area contributed by atoms with E-state index in [4.69, 9.17) is 23.2 Å². The van der Waals surface area contributed by atoms with Crippen LogP contribution in [0.3, 0.4) is 0 Å². The normalized spacial score (nSPS) is 11.3. The number of sulfonamides is 1. The van der Waals surface area contributed by atoms with Gasteiger partial charge >= 0.3 is 0 Å². The molecule has 0 saturated carbocycles. The second-order valence-electron chi connectivity index (χ2n) is 6.12. The molecule has 0 bridgehead atoms. The Morgan fingerprint density at radius 3 is 2.52 bits per heavy atom. The molecular formula is C20H17Cl2N3O3S. The number of aromatic nitrogens is 1. The summed E-state index contributed by atoms with van der Waals surface area (Å²) in [7, 11) is -2.26. The van der Waals surface area contributed by atoms with Crippen LogP contribution in [0.5, 0.6) is 0 Å². The lowest BCUT2D eigenvalue weighted by Gasteiger charge is -2.10. The summed E-state index contributed by atoms with van der Waals surface area (Å²) < 4.78 is 25.9. The predicted octanol–water partition coefficient (Wildman–Crippen LogP) is 3.89. The van der Waals surface area contributed by atoms with Gasteiger partial charge in [-0.05, 0) is 48.5 Å². The Labute approximate surface area is 178 Å². The molecule has 0 aliphatic rings. The molecule has 2 aromatic carbocycles. The number of pyridine rings is 1. The maximum Gasteiger partial charge on any atom is 0.253 e. The van der Waals surface area contributed by atoms with Crippen molar-refractivity contribution in [3.63, 3.8) is 0 Å². The average Bonchev–Trinajstić information content (AvgIpc) is 2.72. The van der Waals surface area contributed by atoms with Gasteiger partial charge in [0, 0.05) is 34.5 Å². The van der Waals surface area contributed by atoms with Crippen LogP contribution in [0.4, 0.5) is 0 Å². The molecule has 9 heteroatoms. The molecule has 3 rings (SSSR count). The van der Waals surface area contributed by atoms with Crippen molar-refractivity contribution in [2.75, 3.05) is 7.05 Å². The molecule has 1 aromatic heterocycles. The third-order valence-corrected chi connectivity index (χ3v) is 6.20. The van der Waals surface area contributed by atoms with E-state index in [9.17, 15) is 13.2 Å². The molecule has 0 unspecified atom stereocenters. The first-order valence-corrected chi connectivity index (χ1v) is 10.8. The number of rotatable bonds is 6. The van der Waals surface area contributed by atoms with Gasteiger partial charge in [0.2, 0.25) is 10.0 Å². The van der Waals surface area contributed by atoms with Crippen LogP contribution in [0, 0.1) is 0 Å². The first-order valence-electron chi connectivity index (χ1n) is 8.51. The fraction of sp³-hybridized carbons (Fsp3) is 0.100. The first kappa shape index (κ1) is 21.3. The van der Waals surface area contributed by atoms with Crippen LogP contribution < -0.4 is 10.0 Å². The van der Waals surface area contributed by atoms with Crippen LogP contribution in [-0.2, 0) is 16.6 Å². The zero-order valence-corrected chi connectivity index (χ0v) is 17.6. The number of benzene rings is 2. The maximum absolute atomic E-state index is 12.5. The van der Waals surface area contributed by atoms with E-state index in [2.05, 4.69) is 15.0 Å². The minimum Gasteiger partial charge on any atom is -0.348 e. The predicted molar refractivity (Wildman–Crippen MR) is 114 cm³/mol. The van der Waals surface area contributed by atoms with E-state index >= 15 is 0 Å². The number of amides is 1. The van der Waals surface area contributed by atoms with Crippen LogP contribution in [0.15, 0.2) is 65.8 Å². The van der Waals surface area contributed by atoms with E-state index in [1.807, 2.05) is 12.1 Å². The summed E-state index contributed by atoms with van der Waals surface area (Å²) in [6, 6.07) is 13.3. The Hall–Kier alpha value is -2.45. The van der Waals surface area contributed by atoms with Crippen LogP contribution in [0.25, 0.3) is 11.1 Å². The number of carbonyl (C=O) groups is 1. The zero-order valence-electron chi connectivity index (χ0n) is 15.3. The highest BCUT2D eigenvalue weighted by Gasteiger charge is 2.14. The Kier molecular flexibility index (Phi) is 6.54. The molecule has 1 heterocycles. The lowest BCUT2D eigenvalue weighted by atomic mass is 10.1. The first-order chi connectivity index (χ1) is 13.8. The van der Waals surface area contributed by atoms with Crippen LogP contribution >= 0.6 is 23.2 Å². The molecule has 0 fully saturated rings. The summed E-state index contributed by atoms with van der Waals surface area (Å²) in [6.07, 6.45) is 3.12. The molecule has 0 aliphatic carbocycles. The van der Waals surface area contributed by atoms with Gasteiger partial charge in [-0.25, -0.2) is 13.1 Å². The lowest BCUT2D eigenvalue weighted by Crippen LogP contribution is -2.23. The number of halogens is 2. The van der Waals surface area contributed by atoms with Gasteiger partial charge in [-0.1, -0.05) is 41.4 Å². The monoisotopic (exact) mass is 449 g/mol. The fourth-order valence-electron chi connectivity index (χ4n) is 2.62. The van der Waals surface area contributed by atoms with E-state index in [1.165, 1.54) is 25.4 Å². The second-order valence-corrected chi connectivity index (χ2v) is 8.85. The molecule has 0 atom stereocenters. The molecule has 6 nitrogen and oxygen atoms in total. The molecule has 0 aliphatic heterocycles. The van der Waals surface area contributed by atoms with Crippen molar-refractivity contribution in [2.45, 2.75) is 11.4 Å². The Balaban J connectivity index is 1.74. The highest BCUT2D eigenvalue weighted by atomic mass is 35.5. The SMILES string of the molecule is CNS(=O)(=O)c1ccc(CNC(=O)c2cncc(-c3cccc(Cl)c3)c2)c(Cl)c1. The molecule has 150 valence electrons. The Morgan fingerprint density at radius 2 is 1.83 bits per heavy atom. The molecule has 0 radical (unpaired) electrons. The summed E-state index contributed by atoms with van der Waals surface area (Å²) in [5, 5.41) is 3.60. The van der Waals surface area contributed by atoms with Gasteiger partial charge in [-0.15, -0.1) is 0 Å². The van der Waals surface area contributed by atoms with Crippen molar-refractivity contribution in [1.82, 2.24) is 15.0 Å². The molecule has 2 N–H and O–H groups in total. The van der Waals surface area contributed by atoms with Crippen molar-refractivity contribution in [3.8, 4) is 11.1 Å². The summed E-state index contributed by atoms with van der Waals surface area (Å²) in [4.78, 5) is 16.7. The van der Waals surface area contributed by atoms with Crippen molar-refractivity contribution in [2.24, 2.45) is 0 Å². The van der Waals surface area contributed by atoms with E-state index in [0.29, 0.717) is 16.1 Å². The highest BCUT2D eigenvalue weighted by molar-refractivity contribution is 7.89. The highest BCUT2D eigenvalue weighted by Crippen LogP contribution is 2.23. The third-order valence-electron chi connectivity index (χ3n) is 4.20. The topological polar surface area (TPSA) is 88.2 Å². The van der Waals surface area contributed by atoms with Gasteiger partial charge < -0.3 is 5.32 Å². The summed E-state index contributed by atoms with van der Waals surface area (Å²) in [5.41, 5.74) is 2.59. The number of hydrogen-bond acceptors (Lipinski definition) is 4. The van der Waals surface area contributed by atoms with Gasteiger partial charge in [-0.2, -0.15) is 0 Å². The van der Waals surface area contributed by atoms with Crippen molar-refractivity contribution < 1.29 is 13.2 Å². The minimum atomic E-state index is -3.59. The van der Waals surface area contributed by atoms with E-state index in [-0.39, 0.29) is 22.4 Å². The number of hydrogen-bond donors (Lipinski definition) is 2. The zero-order chi connectivity index (χ0) is 21.0. The number of carbonyl (C=O) groups excluding carboxylic acids is 1. The molecule has 29 heavy (non-hydrogen) atoms. The Morgan fingerprint density at radius 1 is 1.03 bits per heavy atom. The summed E-state index contributed by atoms with van der Waals surface area (Å²) in [6.45, 7) is 0.138. The third kappa shape index (κ3) is 5.13.